The predicted octanol–water partition coefficient (Wildman–Crippen LogP) is 1.50. The molecule has 2 atom stereocenters. The number of carbonyl (C=O) groups is 3. The van der Waals surface area contributed by atoms with E-state index in [0.29, 0.717) is 4.88 Å². The van der Waals surface area contributed by atoms with Gasteiger partial charge in [-0.2, -0.15) is 0 Å². The second-order valence-corrected chi connectivity index (χ2v) is 4.55. The topological polar surface area (TPSA) is 84.3 Å². The van der Waals surface area contributed by atoms with Gasteiger partial charge < -0.3 is 5.11 Å². The minimum absolute atomic E-state index is 0.194. The third-order valence-electron chi connectivity index (χ3n) is 2.49. The zero-order chi connectivity index (χ0) is 13.0. The Bertz CT molecular complexity index is 413. The van der Waals surface area contributed by atoms with E-state index in [-0.39, 0.29) is 12.2 Å². The van der Waals surface area contributed by atoms with Crippen LogP contribution in [0.2, 0.25) is 0 Å². The van der Waals surface area contributed by atoms with Crippen molar-refractivity contribution in [1.82, 2.24) is 4.98 Å². The van der Waals surface area contributed by atoms with Crippen LogP contribution >= 0.6 is 11.3 Å². The SMILES string of the molecule is CCC(=O)C(c1cncs1)C(C(C)=O)C(=O)O. The van der Waals surface area contributed by atoms with Gasteiger partial charge in [0.25, 0.3) is 0 Å². The van der Waals surface area contributed by atoms with Crippen LogP contribution in [-0.2, 0) is 14.4 Å². The van der Waals surface area contributed by atoms with Gasteiger partial charge in [0.2, 0.25) is 0 Å². The Morgan fingerprint density at radius 3 is 2.47 bits per heavy atom. The van der Waals surface area contributed by atoms with Crippen LogP contribution in [0.5, 0.6) is 0 Å². The van der Waals surface area contributed by atoms with Crippen molar-refractivity contribution in [2.75, 3.05) is 0 Å². The molecule has 92 valence electrons. The first kappa shape index (κ1) is 13.5. The van der Waals surface area contributed by atoms with Gasteiger partial charge in [0.1, 0.15) is 17.5 Å². The quantitative estimate of drug-likeness (QED) is 0.778. The maximum atomic E-state index is 11.8. The molecule has 1 aromatic heterocycles. The van der Waals surface area contributed by atoms with Gasteiger partial charge in [0, 0.05) is 17.5 Å². The molecule has 17 heavy (non-hydrogen) atoms. The monoisotopic (exact) mass is 255 g/mol. The Balaban J connectivity index is 3.18. The van der Waals surface area contributed by atoms with Crippen LogP contribution < -0.4 is 0 Å². The maximum Gasteiger partial charge on any atom is 0.315 e. The average molecular weight is 255 g/mol. The molecule has 0 aliphatic rings. The summed E-state index contributed by atoms with van der Waals surface area (Å²) in [5, 5.41) is 9.07. The number of ketones is 2. The molecular formula is C11H13NO4S. The fraction of sp³-hybridized carbons (Fsp3) is 0.455. The maximum absolute atomic E-state index is 11.8. The van der Waals surface area contributed by atoms with E-state index >= 15 is 0 Å². The van der Waals surface area contributed by atoms with E-state index in [1.807, 2.05) is 0 Å². The van der Waals surface area contributed by atoms with E-state index in [1.165, 1.54) is 30.0 Å². The highest BCUT2D eigenvalue weighted by Crippen LogP contribution is 2.30. The third-order valence-corrected chi connectivity index (χ3v) is 3.35. The van der Waals surface area contributed by atoms with Crippen LogP contribution in [0, 0.1) is 5.92 Å². The lowest BCUT2D eigenvalue weighted by atomic mass is 9.84. The Morgan fingerprint density at radius 1 is 1.47 bits per heavy atom. The molecule has 0 aliphatic carbocycles. The Kier molecular flexibility index (Phi) is 4.51. The zero-order valence-corrected chi connectivity index (χ0v) is 10.4. The third kappa shape index (κ3) is 2.97. The molecule has 0 saturated carbocycles. The summed E-state index contributed by atoms with van der Waals surface area (Å²) in [5.41, 5.74) is 1.52. The second-order valence-electron chi connectivity index (χ2n) is 3.63. The standard InChI is InChI=1S/C11H13NO4S/c1-3-7(14)10(8-4-12-5-17-8)9(6(2)13)11(15)16/h4-5,9-10H,3H2,1-2H3,(H,15,16). The first-order valence-corrected chi connectivity index (χ1v) is 6.01. The van der Waals surface area contributed by atoms with Gasteiger partial charge in [-0.3, -0.25) is 19.4 Å². The average Bonchev–Trinajstić information content (AvgIpc) is 2.76. The van der Waals surface area contributed by atoms with Crippen LogP contribution in [-0.4, -0.2) is 27.6 Å². The van der Waals surface area contributed by atoms with E-state index in [1.54, 1.807) is 6.92 Å². The molecule has 1 N–H and O–H groups in total. The van der Waals surface area contributed by atoms with Gasteiger partial charge >= 0.3 is 5.97 Å². The number of carboxylic acids is 1. The Morgan fingerprint density at radius 2 is 2.12 bits per heavy atom. The summed E-state index contributed by atoms with van der Waals surface area (Å²) in [6.45, 7) is 2.84. The molecule has 1 heterocycles. The molecule has 0 aliphatic heterocycles. The number of hydrogen-bond donors (Lipinski definition) is 1. The van der Waals surface area contributed by atoms with E-state index in [2.05, 4.69) is 4.98 Å². The number of rotatable bonds is 6. The summed E-state index contributed by atoms with van der Waals surface area (Å²) in [4.78, 5) is 38.7. The predicted molar refractivity (Wildman–Crippen MR) is 62.0 cm³/mol. The van der Waals surface area contributed by atoms with E-state index in [9.17, 15) is 14.4 Å². The minimum atomic E-state index is -1.32. The van der Waals surface area contributed by atoms with E-state index in [4.69, 9.17) is 5.11 Å². The number of Topliss-reactive ketones (excluding diaryl/α,β-unsaturated/α-hetero) is 2. The molecule has 0 amide bonds. The van der Waals surface area contributed by atoms with Gasteiger partial charge in [-0.25, -0.2) is 0 Å². The molecular weight excluding hydrogens is 242 g/mol. The van der Waals surface area contributed by atoms with Crippen molar-refractivity contribution < 1.29 is 19.5 Å². The van der Waals surface area contributed by atoms with E-state index in [0.717, 1.165) is 0 Å². The number of carboxylic acid groups (broad SMARTS) is 1. The van der Waals surface area contributed by atoms with Gasteiger partial charge in [-0.15, -0.1) is 11.3 Å². The summed E-state index contributed by atoms with van der Waals surface area (Å²) >= 11 is 1.19. The molecule has 0 bridgehead atoms. The number of thiazole rings is 1. The van der Waals surface area contributed by atoms with Crippen molar-refractivity contribution in [3.63, 3.8) is 0 Å². The van der Waals surface area contributed by atoms with Crippen LogP contribution in [0.3, 0.4) is 0 Å². The molecule has 2 unspecified atom stereocenters. The summed E-state index contributed by atoms with van der Waals surface area (Å²) in [6, 6.07) is 0. The van der Waals surface area contributed by atoms with Crippen molar-refractivity contribution in [3.05, 3.63) is 16.6 Å². The molecule has 0 saturated heterocycles. The van der Waals surface area contributed by atoms with Gasteiger partial charge in [0.05, 0.1) is 11.4 Å². The van der Waals surface area contributed by atoms with Crippen LogP contribution in [0.15, 0.2) is 11.7 Å². The van der Waals surface area contributed by atoms with Crippen molar-refractivity contribution in [2.24, 2.45) is 5.92 Å². The molecule has 0 fully saturated rings. The van der Waals surface area contributed by atoms with Crippen LogP contribution in [0.4, 0.5) is 0 Å². The lowest BCUT2D eigenvalue weighted by Gasteiger charge is -2.18. The summed E-state index contributed by atoms with van der Waals surface area (Å²) in [5.74, 6) is -4.27. The Hall–Kier alpha value is -1.56. The molecule has 1 rings (SSSR count). The Labute approximate surface area is 102 Å². The van der Waals surface area contributed by atoms with Crippen molar-refractivity contribution in [2.45, 2.75) is 26.2 Å². The zero-order valence-electron chi connectivity index (χ0n) is 9.54. The fourth-order valence-corrected chi connectivity index (χ4v) is 2.44. The number of nitrogens with zero attached hydrogens (tertiary/aromatic N) is 1. The number of carbonyl (C=O) groups excluding carboxylic acids is 2. The molecule has 1 aromatic rings. The van der Waals surface area contributed by atoms with Crippen molar-refractivity contribution >= 4 is 28.9 Å². The van der Waals surface area contributed by atoms with Crippen LogP contribution in [0.1, 0.15) is 31.1 Å². The molecule has 5 nitrogen and oxygen atoms in total. The molecule has 6 heteroatoms. The lowest BCUT2D eigenvalue weighted by molar-refractivity contribution is -0.149. The highest BCUT2D eigenvalue weighted by molar-refractivity contribution is 7.09. The van der Waals surface area contributed by atoms with Crippen molar-refractivity contribution in [1.29, 1.82) is 0 Å². The highest BCUT2D eigenvalue weighted by Gasteiger charge is 2.38. The van der Waals surface area contributed by atoms with Crippen molar-refractivity contribution in [3.8, 4) is 0 Å². The summed E-state index contributed by atoms with van der Waals surface area (Å²) in [7, 11) is 0. The highest BCUT2D eigenvalue weighted by atomic mass is 32.1. The number of hydrogen-bond acceptors (Lipinski definition) is 5. The minimum Gasteiger partial charge on any atom is -0.481 e. The van der Waals surface area contributed by atoms with Gasteiger partial charge in [-0.05, 0) is 6.92 Å². The fourth-order valence-electron chi connectivity index (χ4n) is 1.66. The lowest BCUT2D eigenvalue weighted by Crippen LogP contribution is -2.32. The number of aromatic nitrogens is 1. The summed E-state index contributed by atoms with van der Waals surface area (Å²) in [6.07, 6.45) is 1.64. The largest absolute Gasteiger partial charge is 0.481 e. The normalized spacial score (nSPS) is 14.0. The van der Waals surface area contributed by atoms with Crippen LogP contribution in [0.25, 0.3) is 0 Å². The van der Waals surface area contributed by atoms with Gasteiger partial charge in [0.15, 0.2) is 0 Å². The summed E-state index contributed by atoms with van der Waals surface area (Å²) < 4.78 is 0. The van der Waals surface area contributed by atoms with Gasteiger partial charge in [-0.1, -0.05) is 6.92 Å². The van der Waals surface area contributed by atoms with E-state index < -0.39 is 23.6 Å². The molecule has 0 aromatic carbocycles. The molecule has 0 radical (unpaired) electrons. The smallest absolute Gasteiger partial charge is 0.315 e. The second kappa shape index (κ2) is 5.67. The first-order chi connectivity index (χ1) is 7.99. The molecule has 0 spiro atoms. The first-order valence-electron chi connectivity index (χ1n) is 5.13. The number of aliphatic carboxylic acids is 1.